The van der Waals surface area contributed by atoms with E-state index in [2.05, 4.69) is 14.9 Å². The fourth-order valence-corrected chi connectivity index (χ4v) is 2.25. The van der Waals surface area contributed by atoms with Gasteiger partial charge in [0.25, 0.3) is 0 Å². The smallest absolute Gasteiger partial charge is 0.0951 e. The summed E-state index contributed by atoms with van der Waals surface area (Å²) in [6.07, 6.45) is 11.0. The van der Waals surface area contributed by atoms with Gasteiger partial charge in [0.15, 0.2) is 0 Å². The Kier molecular flexibility index (Phi) is 2.49. The fourth-order valence-electron chi connectivity index (χ4n) is 2.25. The molecular formula is C12H19N3. The molecule has 1 aromatic rings. The maximum absolute atomic E-state index is 4.24. The standard InChI is InChI=1S/C12H19N3/c1-2-10(3-1)6-13-7-12-8-14-9-15(12)11-4-5-11/h8-11,13H,1-7H2. The molecule has 82 valence electrons. The number of imidazole rings is 1. The highest BCUT2D eigenvalue weighted by Gasteiger charge is 2.25. The molecule has 1 heterocycles. The lowest BCUT2D eigenvalue weighted by Gasteiger charge is -2.25. The van der Waals surface area contributed by atoms with Crippen molar-refractivity contribution in [2.45, 2.75) is 44.7 Å². The third-order valence-electron chi connectivity index (χ3n) is 3.65. The summed E-state index contributed by atoms with van der Waals surface area (Å²) >= 11 is 0. The van der Waals surface area contributed by atoms with Gasteiger partial charge in [-0.2, -0.15) is 0 Å². The zero-order valence-corrected chi connectivity index (χ0v) is 9.15. The number of hydrogen-bond donors (Lipinski definition) is 1. The van der Waals surface area contributed by atoms with E-state index in [0.717, 1.165) is 18.5 Å². The number of hydrogen-bond acceptors (Lipinski definition) is 2. The van der Waals surface area contributed by atoms with Gasteiger partial charge in [-0.15, -0.1) is 0 Å². The molecule has 2 fully saturated rings. The van der Waals surface area contributed by atoms with E-state index in [1.807, 2.05) is 12.5 Å². The minimum Gasteiger partial charge on any atom is -0.330 e. The molecule has 2 aliphatic carbocycles. The van der Waals surface area contributed by atoms with Crippen molar-refractivity contribution in [2.24, 2.45) is 5.92 Å². The first kappa shape index (κ1) is 9.40. The molecule has 0 aliphatic heterocycles. The Hall–Kier alpha value is -0.830. The van der Waals surface area contributed by atoms with Crippen molar-refractivity contribution in [3.05, 3.63) is 18.2 Å². The van der Waals surface area contributed by atoms with Gasteiger partial charge in [-0.25, -0.2) is 4.98 Å². The lowest BCUT2D eigenvalue weighted by atomic mass is 9.85. The zero-order chi connectivity index (χ0) is 10.1. The minimum atomic E-state index is 0.757. The van der Waals surface area contributed by atoms with Crippen LogP contribution >= 0.6 is 0 Å². The summed E-state index contributed by atoms with van der Waals surface area (Å²) in [5.74, 6) is 0.947. The number of nitrogens with zero attached hydrogens (tertiary/aromatic N) is 2. The Morgan fingerprint density at radius 1 is 1.33 bits per heavy atom. The first-order valence-corrected chi connectivity index (χ1v) is 6.15. The molecule has 15 heavy (non-hydrogen) atoms. The van der Waals surface area contributed by atoms with E-state index in [4.69, 9.17) is 0 Å². The van der Waals surface area contributed by atoms with Gasteiger partial charge in [-0.05, 0) is 38.1 Å². The summed E-state index contributed by atoms with van der Waals surface area (Å²) in [7, 11) is 0. The first-order chi connectivity index (χ1) is 7.43. The van der Waals surface area contributed by atoms with Crippen LogP contribution < -0.4 is 5.32 Å². The van der Waals surface area contributed by atoms with E-state index in [9.17, 15) is 0 Å². The highest BCUT2D eigenvalue weighted by Crippen LogP contribution is 2.35. The molecular weight excluding hydrogens is 186 g/mol. The first-order valence-electron chi connectivity index (χ1n) is 6.15. The van der Waals surface area contributed by atoms with E-state index in [1.165, 1.54) is 44.3 Å². The Labute approximate surface area is 90.9 Å². The minimum absolute atomic E-state index is 0.757. The van der Waals surface area contributed by atoms with Crippen molar-refractivity contribution >= 4 is 0 Å². The molecule has 0 radical (unpaired) electrons. The molecule has 0 aromatic carbocycles. The third kappa shape index (κ3) is 2.07. The topological polar surface area (TPSA) is 29.9 Å². The molecule has 1 N–H and O–H groups in total. The monoisotopic (exact) mass is 205 g/mol. The van der Waals surface area contributed by atoms with Gasteiger partial charge in [-0.3, -0.25) is 0 Å². The molecule has 3 heteroatoms. The van der Waals surface area contributed by atoms with Gasteiger partial charge < -0.3 is 9.88 Å². The van der Waals surface area contributed by atoms with Gasteiger partial charge in [0.2, 0.25) is 0 Å². The average Bonchev–Trinajstić information content (AvgIpc) is 2.91. The van der Waals surface area contributed by atoms with Crippen LogP contribution in [-0.2, 0) is 6.54 Å². The predicted molar refractivity (Wildman–Crippen MR) is 59.5 cm³/mol. The Morgan fingerprint density at radius 2 is 2.20 bits per heavy atom. The summed E-state index contributed by atoms with van der Waals surface area (Å²) in [6.45, 7) is 2.18. The van der Waals surface area contributed by atoms with E-state index >= 15 is 0 Å². The molecule has 0 atom stereocenters. The number of rotatable bonds is 5. The van der Waals surface area contributed by atoms with Crippen molar-refractivity contribution in [1.29, 1.82) is 0 Å². The molecule has 0 bridgehead atoms. The largest absolute Gasteiger partial charge is 0.330 e. The SMILES string of the molecule is c1ncn(C2CC2)c1CNCC1CCC1. The van der Waals surface area contributed by atoms with E-state index < -0.39 is 0 Å². The van der Waals surface area contributed by atoms with Crippen molar-refractivity contribution in [3.8, 4) is 0 Å². The van der Waals surface area contributed by atoms with Crippen molar-refractivity contribution in [2.75, 3.05) is 6.54 Å². The maximum Gasteiger partial charge on any atom is 0.0951 e. The molecule has 0 unspecified atom stereocenters. The predicted octanol–water partition coefficient (Wildman–Crippen LogP) is 2.11. The Morgan fingerprint density at radius 3 is 2.87 bits per heavy atom. The molecule has 3 nitrogen and oxygen atoms in total. The van der Waals surface area contributed by atoms with Crippen LogP contribution in [0.25, 0.3) is 0 Å². The van der Waals surface area contributed by atoms with Gasteiger partial charge in [0.05, 0.1) is 12.0 Å². The van der Waals surface area contributed by atoms with Crippen LogP contribution in [0.5, 0.6) is 0 Å². The highest BCUT2D eigenvalue weighted by molar-refractivity contribution is 5.03. The van der Waals surface area contributed by atoms with Gasteiger partial charge in [-0.1, -0.05) is 6.42 Å². The molecule has 0 spiro atoms. The van der Waals surface area contributed by atoms with Crippen LogP contribution in [-0.4, -0.2) is 16.1 Å². The molecule has 0 amide bonds. The summed E-state index contributed by atoms with van der Waals surface area (Å²) < 4.78 is 2.34. The molecule has 2 aliphatic rings. The second-order valence-electron chi connectivity index (χ2n) is 4.95. The maximum atomic E-state index is 4.24. The van der Waals surface area contributed by atoms with E-state index in [1.54, 1.807) is 0 Å². The van der Waals surface area contributed by atoms with Gasteiger partial charge in [0.1, 0.15) is 0 Å². The highest BCUT2D eigenvalue weighted by atomic mass is 15.1. The van der Waals surface area contributed by atoms with Crippen LogP contribution in [0.3, 0.4) is 0 Å². The Bertz CT molecular complexity index is 323. The molecule has 3 rings (SSSR count). The second-order valence-corrected chi connectivity index (χ2v) is 4.95. The normalized spacial score (nSPS) is 21.6. The Balaban J connectivity index is 1.49. The lowest BCUT2D eigenvalue weighted by Crippen LogP contribution is -2.27. The second kappa shape index (κ2) is 3.97. The summed E-state index contributed by atoms with van der Waals surface area (Å²) in [5.41, 5.74) is 1.36. The molecule has 0 saturated heterocycles. The average molecular weight is 205 g/mol. The summed E-state index contributed by atoms with van der Waals surface area (Å²) in [4.78, 5) is 4.24. The number of aromatic nitrogens is 2. The van der Waals surface area contributed by atoms with Crippen LogP contribution in [0.4, 0.5) is 0 Å². The third-order valence-corrected chi connectivity index (χ3v) is 3.65. The molecule has 1 aromatic heterocycles. The van der Waals surface area contributed by atoms with Gasteiger partial charge >= 0.3 is 0 Å². The van der Waals surface area contributed by atoms with Gasteiger partial charge in [0, 0.05) is 18.8 Å². The van der Waals surface area contributed by atoms with Crippen molar-refractivity contribution < 1.29 is 0 Å². The quantitative estimate of drug-likeness (QED) is 0.798. The summed E-state index contributed by atoms with van der Waals surface area (Å²) in [5, 5.41) is 3.55. The van der Waals surface area contributed by atoms with E-state index in [0.29, 0.717) is 0 Å². The van der Waals surface area contributed by atoms with Crippen LogP contribution in [0, 0.1) is 5.92 Å². The number of nitrogens with one attached hydrogen (secondary N) is 1. The van der Waals surface area contributed by atoms with Crippen LogP contribution in [0.1, 0.15) is 43.8 Å². The van der Waals surface area contributed by atoms with E-state index in [-0.39, 0.29) is 0 Å². The zero-order valence-electron chi connectivity index (χ0n) is 9.15. The fraction of sp³-hybridized carbons (Fsp3) is 0.750. The van der Waals surface area contributed by atoms with Crippen molar-refractivity contribution in [1.82, 2.24) is 14.9 Å². The van der Waals surface area contributed by atoms with Crippen LogP contribution in [0.2, 0.25) is 0 Å². The van der Waals surface area contributed by atoms with Crippen molar-refractivity contribution in [3.63, 3.8) is 0 Å². The molecule has 2 saturated carbocycles. The van der Waals surface area contributed by atoms with Crippen LogP contribution in [0.15, 0.2) is 12.5 Å². The lowest BCUT2D eigenvalue weighted by molar-refractivity contribution is 0.300. The summed E-state index contributed by atoms with van der Waals surface area (Å²) in [6, 6.07) is 0.757.